The van der Waals surface area contributed by atoms with Crippen molar-refractivity contribution >= 4 is 22.5 Å². The molecule has 6 heteroatoms. The fourth-order valence-corrected chi connectivity index (χ4v) is 4.94. The highest BCUT2D eigenvalue weighted by Gasteiger charge is 2.27. The van der Waals surface area contributed by atoms with Crippen molar-refractivity contribution in [1.29, 1.82) is 0 Å². The quantitative estimate of drug-likeness (QED) is 0.347. The molecule has 3 aromatic carbocycles. The van der Waals surface area contributed by atoms with Crippen LogP contribution in [0.5, 0.6) is 5.75 Å². The van der Waals surface area contributed by atoms with Crippen LogP contribution in [0.3, 0.4) is 0 Å². The first-order chi connectivity index (χ1) is 17.0. The summed E-state index contributed by atoms with van der Waals surface area (Å²) in [4.78, 5) is 17.8. The zero-order valence-corrected chi connectivity index (χ0v) is 20.1. The summed E-state index contributed by atoms with van der Waals surface area (Å²) in [6.45, 7) is 0.476. The normalized spacial score (nSPS) is 17.6. The second kappa shape index (κ2) is 9.92. The number of fused-ring (bicyclic) bond motifs is 1. The maximum atomic E-state index is 15.0. The summed E-state index contributed by atoms with van der Waals surface area (Å²) < 4.78 is 20.9. The molecule has 5 rings (SSSR count). The van der Waals surface area contributed by atoms with E-state index in [9.17, 15) is 9.18 Å². The summed E-state index contributed by atoms with van der Waals surface area (Å²) in [6.07, 6.45) is 2.97. The standard InChI is InChI=1S/C29H30FN3O2/c1-31-22-9-8-20(14-22)25-12-10-23(17-26(25)30)33(2)29(34)28-16-21-15-24(11-13-27(21)32-28)35-18-19-6-4-3-5-7-19/h3-7,10-13,15-17,20,22,31-32H,8-9,14,18H2,1-2H3. The highest BCUT2D eigenvalue weighted by Crippen LogP contribution is 2.36. The summed E-state index contributed by atoms with van der Waals surface area (Å²) in [5, 5.41) is 4.17. The van der Waals surface area contributed by atoms with Crippen molar-refractivity contribution in [2.45, 2.75) is 37.8 Å². The summed E-state index contributed by atoms with van der Waals surface area (Å²) in [5.74, 6) is 0.476. The van der Waals surface area contributed by atoms with Gasteiger partial charge in [0.1, 0.15) is 23.9 Å². The molecule has 1 fully saturated rings. The zero-order valence-electron chi connectivity index (χ0n) is 20.1. The third kappa shape index (κ3) is 4.93. The number of nitrogens with zero attached hydrogens (tertiary/aromatic N) is 1. The lowest BCUT2D eigenvalue weighted by Gasteiger charge is -2.19. The Hall–Kier alpha value is -3.64. The first-order valence-corrected chi connectivity index (χ1v) is 12.1. The fourth-order valence-electron chi connectivity index (χ4n) is 4.94. The Morgan fingerprint density at radius 1 is 1.09 bits per heavy atom. The second-order valence-corrected chi connectivity index (χ2v) is 9.27. The lowest BCUT2D eigenvalue weighted by atomic mass is 9.96. The summed E-state index contributed by atoms with van der Waals surface area (Å²) in [5.41, 5.74) is 3.65. The first-order valence-electron chi connectivity index (χ1n) is 12.1. The van der Waals surface area contributed by atoms with Gasteiger partial charge in [0.25, 0.3) is 5.91 Å². The number of amides is 1. The highest BCUT2D eigenvalue weighted by molar-refractivity contribution is 6.07. The first kappa shape index (κ1) is 23.1. The largest absolute Gasteiger partial charge is 0.489 e. The van der Waals surface area contributed by atoms with Crippen LogP contribution in [-0.2, 0) is 6.61 Å². The van der Waals surface area contributed by atoms with Crippen molar-refractivity contribution in [3.05, 3.63) is 95.4 Å². The molecule has 0 radical (unpaired) electrons. The van der Waals surface area contributed by atoms with E-state index in [-0.39, 0.29) is 17.6 Å². The molecular weight excluding hydrogens is 441 g/mol. The van der Waals surface area contributed by atoms with E-state index in [0.29, 0.717) is 24.0 Å². The average Bonchev–Trinajstić information content (AvgIpc) is 3.54. The summed E-state index contributed by atoms with van der Waals surface area (Å²) in [7, 11) is 3.62. The number of benzene rings is 3. The molecule has 0 saturated heterocycles. The van der Waals surface area contributed by atoms with Crippen molar-refractivity contribution in [2.24, 2.45) is 0 Å². The number of H-pyrrole nitrogens is 1. The molecule has 180 valence electrons. The number of carbonyl (C=O) groups excluding carboxylic acids is 1. The van der Waals surface area contributed by atoms with Gasteiger partial charge in [0.15, 0.2) is 0 Å². The average molecular weight is 472 g/mol. The Labute approximate surface area is 204 Å². The van der Waals surface area contributed by atoms with Crippen LogP contribution in [0.1, 0.15) is 46.8 Å². The highest BCUT2D eigenvalue weighted by atomic mass is 19.1. The van der Waals surface area contributed by atoms with E-state index in [1.807, 2.05) is 73.8 Å². The topological polar surface area (TPSA) is 57.4 Å². The molecule has 35 heavy (non-hydrogen) atoms. The van der Waals surface area contributed by atoms with Gasteiger partial charge in [0.05, 0.1) is 0 Å². The minimum Gasteiger partial charge on any atom is -0.489 e. The Kier molecular flexibility index (Phi) is 6.55. The van der Waals surface area contributed by atoms with Crippen LogP contribution in [0.15, 0.2) is 72.8 Å². The van der Waals surface area contributed by atoms with Gasteiger partial charge in [-0.25, -0.2) is 4.39 Å². The lowest BCUT2D eigenvalue weighted by Crippen LogP contribution is -2.26. The molecule has 1 aromatic heterocycles. The van der Waals surface area contributed by atoms with Gasteiger partial charge >= 0.3 is 0 Å². The van der Waals surface area contributed by atoms with Crippen molar-refractivity contribution in [3.8, 4) is 5.75 Å². The number of aromatic amines is 1. The number of aromatic nitrogens is 1. The van der Waals surface area contributed by atoms with Crippen molar-refractivity contribution in [2.75, 3.05) is 19.0 Å². The minimum atomic E-state index is -0.249. The number of hydrogen-bond acceptors (Lipinski definition) is 3. The SMILES string of the molecule is CNC1CCC(c2ccc(N(C)C(=O)c3cc4cc(OCc5ccccc5)ccc4[nH]3)cc2F)C1. The van der Waals surface area contributed by atoms with Crippen LogP contribution in [0, 0.1) is 5.82 Å². The van der Waals surface area contributed by atoms with Gasteiger partial charge in [-0.1, -0.05) is 36.4 Å². The molecule has 2 unspecified atom stereocenters. The third-order valence-corrected chi connectivity index (χ3v) is 7.03. The molecular formula is C29H30FN3O2. The number of rotatable bonds is 7. The van der Waals surface area contributed by atoms with Gasteiger partial charge in [-0.3, -0.25) is 4.79 Å². The van der Waals surface area contributed by atoms with Crippen LogP contribution in [0.2, 0.25) is 0 Å². The van der Waals surface area contributed by atoms with E-state index in [1.54, 1.807) is 7.05 Å². The molecule has 2 N–H and O–H groups in total. The van der Waals surface area contributed by atoms with E-state index in [0.717, 1.165) is 47.0 Å². The molecule has 4 aromatic rings. The van der Waals surface area contributed by atoms with E-state index in [1.165, 1.54) is 11.0 Å². The molecule has 0 bridgehead atoms. The van der Waals surface area contributed by atoms with E-state index < -0.39 is 0 Å². The van der Waals surface area contributed by atoms with E-state index in [4.69, 9.17) is 4.74 Å². The minimum absolute atomic E-state index is 0.217. The zero-order chi connectivity index (χ0) is 24.4. The van der Waals surface area contributed by atoms with Crippen molar-refractivity contribution in [1.82, 2.24) is 10.3 Å². The van der Waals surface area contributed by atoms with Gasteiger partial charge in [-0.15, -0.1) is 0 Å². The maximum absolute atomic E-state index is 15.0. The molecule has 1 aliphatic rings. The predicted octanol–water partition coefficient (Wildman–Crippen LogP) is 6.02. The molecule has 0 spiro atoms. The van der Waals surface area contributed by atoms with Crippen LogP contribution in [0.25, 0.3) is 10.9 Å². The molecule has 0 aliphatic heterocycles. The van der Waals surface area contributed by atoms with Gasteiger partial charge < -0.3 is 19.9 Å². The fraction of sp³-hybridized carbons (Fsp3) is 0.276. The predicted molar refractivity (Wildman–Crippen MR) is 138 cm³/mol. The Morgan fingerprint density at radius 3 is 2.66 bits per heavy atom. The molecule has 2 atom stereocenters. The molecule has 5 nitrogen and oxygen atoms in total. The Morgan fingerprint density at radius 2 is 1.91 bits per heavy atom. The monoisotopic (exact) mass is 471 g/mol. The van der Waals surface area contributed by atoms with Crippen LogP contribution < -0.4 is 15.0 Å². The van der Waals surface area contributed by atoms with Crippen LogP contribution in [0.4, 0.5) is 10.1 Å². The number of hydrogen-bond donors (Lipinski definition) is 2. The molecule has 1 aliphatic carbocycles. The van der Waals surface area contributed by atoms with Crippen LogP contribution >= 0.6 is 0 Å². The van der Waals surface area contributed by atoms with Crippen molar-refractivity contribution < 1.29 is 13.9 Å². The van der Waals surface area contributed by atoms with Gasteiger partial charge in [0, 0.05) is 29.7 Å². The Bertz CT molecular complexity index is 1330. The maximum Gasteiger partial charge on any atom is 0.274 e. The Balaban J connectivity index is 1.29. The van der Waals surface area contributed by atoms with Gasteiger partial charge in [-0.2, -0.15) is 0 Å². The number of carbonyl (C=O) groups is 1. The van der Waals surface area contributed by atoms with Gasteiger partial charge in [0.2, 0.25) is 0 Å². The number of nitrogens with one attached hydrogen (secondary N) is 2. The van der Waals surface area contributed by atoms with Crippen LogP contribution in [-0.4, -0.2) is 31.0 Å². The third-order valence-electron chi connectivity index (χ3n) is 7.03. The second-order valence-electron chi connectivity index (χ2n) is 9.27. The molecule has 1 saturated carbocycles. The molecule has 1 heterocycles. The molecule has 1 amide bonds. The summed E-state index contributed by atoms with van der Waals surface area (Å²) >= 11 is 0. The summed E-state index contributed by atoms with van der Waals surface area (Å²) in [6, 6.07) is 23.1. The smallest absolute Gasteiger partial charge is 0.274 e. The van der Waals surface area contributed by atoms with Gasteiger partial charge in [-0.05, 0) is 79.8 Å². The number of ether oxygens (including phenoxy) is 1. The van der Waals surface area contributed by atoms with E-state index >= 15 is 0 Å². The van der Waals surface area contributed by atoms with E-state index in [2.05, 4.69) is 10.3 Å². The lowest BCUT2D eigenvalue weighted by molar-refractivity contribution is 0.0989. The van der Waals surface area contributed by atoms with Crippen molar-refractivity contribution in [3.63, 3.8) is 0 Å². The number of anilines is 1. The number of halogens is 1.